The number of rotatable bonds is 4. The van der Waals surface area contributed by atoms with Crippen molar-refractivity contribution in [3.63, 3.8) is 0 Å². The number of carbonyl (C=O) groups is 1. The summed E-state index contributed by atoms with van der Waals surface area (Å²) in [6.45, 7) is 3.68. The molecule has 0 atom stereocenters. The highest BCUT2D eigenvalue weighted by Gasteiger charge is 2.40. The van der Waals surface area contributed by atoms with Crippen LogP contribution in [-0.2, 0) is 17.9 Å². The molecule has 2 aliphatic rings. The SMILES string of the molecule is Cc1ccc(Nc2c(-c3ccc(F)cc3)nc3n2CCN(C(=O)C2(N)CCCCC2)C3)cc1. The third kappa shape index (κ3) is 4.25. The Morgan fingerprint density at radius 2 is 1.73 bits per heavy atom. The minimum atomic E-state index is -0.754. The first-order chi connectivity index (χ1) is 15.9. The molecule has 1 aliphatic carbocycles. The van der Waals surface area contributed by atoms with Crippen LogP contribution in [-0.4, -0.2) is 32.4 Å². The fourth-order valence-corrected chi connectivity index (χ4v) is 4.93. The van der Waals surface area contributed by atoms with Crippen LogP contribution in [0.5, 0.6) is 0 Å². The van der Waals surface area contributed by atoms with Gasteiger partial charge in [-0.1, -0.05) is 37.0 Å². The van der Waals surface area contributed by atoms with Crippen molar-refractivity contribution in [2.24, 2.45) is 5.73 Å². The van der Waals surface area contributed by atoms with Gasteiger partial charge in [-0.3, -0.25) is 4.79 Å². The first kappa shape index (κ1) is 21.6. The van der Waals surface area contributed by atoms with Gasteiger partial charge in [-0.2, -0.15) is 0 Å². The molecule has 2 heterocycles. The number of carbonyl (C=O) groups excluding carboxylic acids is 1. The average Bonchev–Trinajstić information content (AvgIpc) is 3.18. The van der Waals surface area contributed by atoms with E-state index in [1.54, 1.807) is 12.1 Å². The highest BCUT2D eigenvalue weighted by molar-refractivity contribution is 5.86. The lowest BCUT2D eigenvalue weighted by molar-refractivity contribution is -0.139. The van der Waals surface area contributed by atoms with Gasteiger partial charge in [0.2, 0.25) is 5.91 Å². The summed E-state index contributed by atoms with van der Waals surface area (Å²) in [5.74, 6) is 1.41. The monoisotopic (exact) mass is 447 g/mol. The van der Waals surface area contributed by atoms with E-state index >= 15 is 0 Å². The van der Waals surface area contributed by atoms with Crippen molar-refractivity contribution >= 4 is 17.4 Å². The highest BCUT2D eigenvalue weighted by Crippen LogP contribution is 2.35. The second-order valence-electron chi connectivity index (χ2n) is 9.32. The van der Waals surface area contributed by atoms with E-state index in [-0.39, 0.29) is 11.7 Å². The molecule has 2 aromatic carbocycles. The molecule has 6 nitrogen and oxygen atoms in total. The lowest BCUT2D eigenvalue weighted by atomic mass is 9.81. The van der Waals surface area contributed by atoms with Crippen LogP contribution in [0.3, 0.4) is 0 Å². The predicted molar refractivity (Wildman–Crippen MR) is 128 cm³/mol. The van der Waals surface area contributed by atoms with Crippen LogP contribution >= 0.6 is 0 Å². The number of nitrogens with zero attached hydrogens (tertiary/aromatic N) is 3. The molecule has 0 saturated heterocycles. The number of fused-ring (bicyclic) bond motifs is 1. The molecule has 5 rings (SSSR count). The molecular formula is C26H30FN5O. The van der Waals surface area contributed by atoms with Gasteiger partial charge in [-0.05, 0) is 56.2 Å². The Morgan fingerprint density at radius 3 is 2.42 bits per heavy atom. The molecule has 0 spiro atoms. The molecule has 1 amide bonds. The van der Waals surface area contributed by atoms with Gasteiger partial charge >= 0.3 is 0 Å². The summed E-state index contributed by atoms with van der Waals surface area (Å²) < 4.78 is 15.7. The minimum absolute atomic E-state index is 0.0350. The number of nitrogens with one attached hydrogen (secondary N) is 1. The smallest absolute Gasteiger partial charge is 0.243 e. The standard InChI is InChI=1S/C26H30FN5O/c1-18-5-11-21(12-6-18)29-24-23(19-7-9-20(27)10-8-19)30-22-17-31(15-16-32(22)24)25(33)26(28)13-3-2-4-14-26/h5-12,29H,2-4,13-17,28H2,1H3. The zero-order chi connectivity index (χ0) is 23.0. The van der Waals surface area contributed by atoms with Crippen molar-refractivity contribution in [3.05, 3.63) is 65.7 Å². The van der Waals surface area contributed by atoms with Crippen LogP contribution in [0.15, 0.2) is 48.5 Å². The Hall–Kier alpha value is -3.19. The molecular weight excluding hydrogens is 417 g/mol. The van der Waals surface area contributed by atoms with Gasteiger partial charge in [0.15, 0.2) is 0 Å². The van der Waals surface area contributed by atoms with Crippen molar-refractivity contribution in [1.29, 1.82) is 0 Å². The molecule has 1 saturated carbocycles. The maximum absolute atomic E-state index is 13.6. The van der Waals surface area contributed by atoms with E-state index in [0.717, 1.165) is 60.7 Å². The normalized spacial score (nSPS) is 17.5. The summed E-state index contributed by atoms with van der Waals surface area (Å²) in [6, 6.07) is 14.5. The van der Waals surface area contributed by atoms with Crippen LogP contribution in [0.1, 0.15) is 43.5 Å². The van der Waals surface area contributed by atoms with E-state index in [1.165, 1.54) is 17.7 Å². The largest absolute Gasteiger partial charge is 0.340 e. The van der Waals surface area contributed by atoms with Gasteiger partial charge in [-0.25, -0.2) is 9.37 Å². The molecule has 1 fully saturated rings. The van der Waals surface area contributed by atoms with Gasteiger partial charge in [0, 0.05) is 24.3 Å². The average molecular weight is 448 g/mol. The topological polar surface area (TPSA) is 76.2 Å². The number of hydrogen-bond donors (Lipinski definition) is 2. The summed E-state index contributed by atoms with van der Waals surface area (Å²) >= 11 is 0. The maximum atomic E-state index is 13.6. The number of aromatic nitrogens is 2. The number of imidazole rings is 1. The van der Waals surface area contributed by atoms with Crippen molar-refractivity contribution in [2.75, 3.05) is 11.9 Å². The quantitative estimate of drug-likeness (QED) is 0.605. The number of halogens is 1. The van der Waals surface area contributed by atoms with Crippen LogP contribution < -0.4 is 11.1 Å². The molecule has 0 bridgehead atoms. The van der Waals surface area contributed by atoms with E-state index in [4.69, 9.17) is 10.7 Å². The van der Waals surface area contributed by atoms with E-state index in [1.807, 2.05) is 17.0 Å². The molecule has 172 valence electrons. The van der Waals surface area contributed by atoms with E-state index in [2.05, 4.69) is 28.9 Å². The van der Waals surface area contributed by atoms with E-state index in [0.29, 0.717) is 19.6 Å². The third-order valence-corrected chi connectivity index (χ3v) is 6.86. The first-order valence-corrected chi connectivity index (χ1v) is 11.7. The lowest BCUT2D eigenvalue weighted by Gasteiger charge is -2.38. The Morgan fingerprint density at radius 1 is 1.03 bits per heavy atom. The summed E-state index contributed by atoms with van der Waals surface area (Å²) in [7, 11) is 0. The number of aryl methyl sites for hydroxylation is 1. The molecule has 7 heteroatoms. The van der Waals surface area contributed by atoms with Gasteiger partial charge in [0.1, 0.15) is 23.2 Å². The third-order valence-electron chi connectivity index (χ3n) is 6.86. The maximum Gasteiger partial charge on any atom is 0.243 e. The molecule has 1 aromatic heterocycles. The van der Waals surface area contributed by atoms with E-state index in [9.17, 15) is 9.18 Å². The fraction of sp³-hybridized carbons (Fsp3) is 0.385. The summed E-state index contributed by atoms with van der Waals surface area (Å²) in [4.78, 5) is 20.1. The fourth-order valence-electron chi connectivity index (χ4n) is 4.93. The highest BCUT2D eigenvalue weighted by atomic mass is 19.1. The summed E-state index contributed by atoms with van der Waals surface area (Å²) in [6.07, 6.45) is 4.65. The number of nitrogens with two attached hydrogens (primary N) is 1. The molecule has 0 unspecified atom stereocenters. The number of anilines is 2. The number of benzene rings is 2. The zero-order valence-corrected chi connectivity index (χ0v) is 19.0. The van der Waals surface area contributed by atoms with Crippen molar-refractivity contribution in [3.8, 4) is 11.3 Å². The van der Waals surface area contributed by atoms with Crippen LogP contribution in [0.25, 0.3) is 11.3 Å². The Balaban J connectivity index is 1.48. The van der Waals surface area contributed by atoms with Gasteiger partial charge in [0.25, 0.3) is 0 Å². The Bertz CT molecular complexity index is 1150. The van der Waals surface area contributed by atoms with Crippen LogP contribution in [0.4, 0.5) is 15.9 Å². The zero-order valence-electron chi connectivity index (χ0n) is 19.0. The van der Waals surface area contributed by atoms with Crippen molar-refractivity contribution < 1.29 is 9.18 Å². The molecule has 1 aliphatic heterocycles. The van der Waals surface area contributed by atoms with E-state index < -0.39 is 5.54 Å². The molecule has 3 N–H and O–H groups in total. The first-order valence-electron chi connectivity index (χ1n) is 11.7. The number of hydrogen-bond acceptors (Lipinski definition) is 4. The second-order valence-corrected chi connectivity index (χ2v) is 9.32. The second kappa shape index (κ2) is 8.63. The van der Waals surface area contributed by atoms with Crippen LogP contribution in [0.2, 0.25) is 0 Å². The summed E-state index contributed by atoms with van der Waals surface area (Å²) in [5, 5.41) is 3.51. The van der Waals surface area contributed by atoms with Crippen molar-refractivity contribution in [2.45, 2.75) is 57.7 Å². The van der Waals surface area contributed by atoms with Gasteiger partial charge in [0.05, 0.1) is 12.1 Å². The molecule has 0 radical (unpaired) electrons. The summed E-state index contributed by atoms with van der Waals surface area (Å²) in [5.41, 5.74) is 9.50. The molecule has 3 aromatic rings. The predicted octanol–water partition coefficient (Wildman–Crippen LogP) is 4.75. The van der Waals surface area contributed by atoms with Gasteiger partial charge in [-0.15, -0.1) is 0 Å². The van der Waals surface area contributed by atoms with Crippen LogP contribution in [0, 0.1) is 12.7 Å². The Kier molecular flexibility index (Phi) is 5.66. The van der Waals surface area contributed by atoms with Gasteiger partial charge < -0.3 is 20.5 Å². The minimum Gasteiger partial charge on any atom is -0.340 e. The Labute approximate surface area is 193 Å². The van der Waals surface area contributed by atoms with Crippen molar-refractivity contribution in [1.82, 2.24) is 14.5 Å². The lowest BCUT2D eigenvalue weighted by Crippen LogP contribution is -2.57. The number of amides is 1. The molecule has 33 heavy (non-hydrogen) atoms.